The maximum atomic E-state index is 12.3. The van der Waals surface area contributed by atoms with Crippen LogP contribution in [0, 0.1) is 27.2 Å². The SMILES string of the molecule is Cc1ccc([N+](=O)[O-])cc1NC(=O)CCN1CCN(c2cccc([N+](=O)[O-])c2)CC1. The Labute approximate surface area is 173 Å². The van der Waals surface area contributed by atoms with Crippen molar-refractivity contribution in [3.8, 4) is 0 Å². The van der Waals surface area contributed by atoms with E-state index in [0.717, 1.165) is 24.3 Å². The number of hydrogen-bond donors (Lipinski definition) is 1. The number of carbonyl (C=O) groups is 1. The fraction of sp³-hybridized carbons (Fsp3) is 0.350. The third-order valence-electron chi connectivity index (χ3n) is 5.14. The average Bonchev–Trinajstić information content (AvgIpc) is 2.74. The largest absolute Gasteiger partial charge is 0.369 e. The van der Waals surface area contributed by atoms with Crippen LogP contribution in [0.15, 0.2) is 42.5 Å². The number of anilines is 2. The summed E-state index contributed by atoms with van der Waals surface area (Å²) in [4.78, 5) is 37.5. The zero-order valence-electron chi connectivity index (χ0n) is 16.6. The van der Waals surface area contributed by atoms with E-state index in [9.17, 15) is 25.0 Å². The first-order valence-corrected chi connectivity index (χ1v) is 9.60. The molecule has 0 bridgehead atoms. The Hall–Kier alpha value is -3.53. The van der Waals surface area contributed by atoms with Crippen molar-refractivity contribution in [2.45, 2.75) is 13.3 Å². The Morgan fingerprint density at radius 1 is 1.00 bits per heavy atom. The predicted octanol–water partition coefficient (Wildman–Crippen LogP) is 2.96. The van der Waals surface area contributed by atoms with Crippen LogP contribution in [0.1, 0.15) is 12.0 Å². The zero-order valence-corrected chi connectivity index (χ0v) is 16.6. The van der Waals surface area contributed by atoms with Crippen molar-refractivity contribution in [2.75, 3.05) is 42.9 Å². The molecule has 10 heteroatoms. The quantitative estimate of drug-likeness (QED) is 0.547. The van der Waals surface area contributed by atoms with Crippen LogP contribution in [0.3, 0.4) is 0 Å². The van der Waals surface area contributed by atoms with Crippen LogP contribution in [0.2, 0.25) is 0 Å². The third-order valence-corrected chi connectivity index (χ3v) is 5.14. The van der Waals surface area contributed by atoms with Crippen molar-refractivity contribution in [1.29, 1.82) is 0 Å². The molecule has 30 heavy (non-hydrogen) atoms. The van der Waals surface area contributed by atoms with Crippen molar-refractivity contribution in [2.24, 2.45) is 0 Å². The van der Waals surface area contributed by atoms with Gasteiger partial charge in [-0.3, -0.25) is 29.9 Å². The van der Waals surface area contributed by atoms with E-state index in [1.807, 2.05) is 6.07 Å². The number of nitrogens with zero attached hydrogens (tertiary/aromatic N) is 4. The van der Waals surface area contributed by atoms with Crippen molar-refractivity contribution < 1.29 is 14.6 Å². The van der Waals surface area contributed by atoms with Gasteiger partial charge in [-0.25, -0.2) is 0 Å². The first-order chi connectivity index (χ1) is 14.3. The molecule has 1 amide bonds. The molecular formula is C20H23N5O5. The number of nitro groups is 2. The molecule has 158 valence electrons. The number of non-ortho nitro benzene ring substituents is 2. The Kier molecular flexibility index (Phi) is 6.58. The van der Waals surface area contributed by atoms with E-state index in [2.05, 4.69) is 15.1 Å². The van der Waals surface area contributed by atoms with Gasteiger partial charge in [0.2, 0.25) is 5.91 Å². The minimum absolute atomic E-state index is 0.0619. The predicted molar refractivity (Wildman–Crippen MR) is 113 cm³/mol. The molecule has 0 spiro atoms. The molecule has 1 heterocycles. The minimum Gasteiger partial charge on any atom is -0.369 e. The molecule has 3 rings (SSSR count). The summed E-state index contributed by atoms with van der Waals surface area (Å²) in [6.07, 6.45) is 0.277. The number of carbonyl (C=O) groups excluding carboxylic acids is 1. The summed E-state index contributed by atoms with van der Waals surface area (Å²) < 4.78 is 0. The number of nitro benzene ring substituents is 2. The van der Waals surface area contributed by atoms with Gasteiger partial charge < -0.3 is 10.2 Å². The van der Waals surface area contributed by atoms with Crippen molar-refractivity contribution in [3.05, 3.63) is 68.3 Å². The maximum absolute atomic E-state index is 12.3. The van der Waals surface area contributed by atoms with E-state index in [1.54, 1.807) is 25.1 Å². The molecule has 1 fully saturated rings. The van der Waals surface area contributed by atoms with Crippen molar-refractivity contribution in [1.82, 2.24) is 4.90 Å². The topological polar surface area (TPSA) is 122 Å². The van der Waals surface area contributed by atoms with Crippen LogP contribution < -0.4 is 10.2 Å². The van der Waals surface area contributed by atoms with Gasteiger partial charge in [0.05, 0.1) is 15.5 Å². The van der Waals surface area contributed by atoms with Gasteiger partial charge in [-0.2, -0.15) is 0 Å². The molecule has 1 aliphatic rings. The van der Waals surface area contributed by atoms with E-state index < -0.39 is 9.85 Å². The van der Waals surface area contributed by atoms with Crippen LogP contribution in [0.5, 0.6) is 0 Å². The summed E-state index contributed by atoms with van der Waals surface area (Å²) in [6.45, 7) is 5.27. The van der Waals surface area contributed by atoms with Crippen LogP contribution in [-0.2, 0) is 4.79 Å². The molecule has 1 saturated heterocycles. The Morgan fingerprint density at radius 3 is 2.33 bits per heavy atom. The van der Waals surface area contributed by atoms with Crippen molar-refractivity contribution in [3.63, 3.8) is 0 Å². The fourth-order valence-electron chi connectivity index (χ4n) is 3.36. The molecule has 0 radical (unpaired) electrons. The average molecular weight is 413 g/mol. The number of benzene rings is 2. The van der Waals surface area contributed by atoms with Crippen LogP contribution >= 0.6 is 0 Å². The summed E-state index contributed by atoms with van der Waals surface area (Å²) in [5, 5.41) is 24.6. The number of nitrogens with one attached hydrogen (secondary N) is 1. The maximum Gasteiger partial charge on any atom is 0.271 e. The lowest BCUT2D eigenvalue weighted by molar-refractivity contribution is -0.385. The summed E-state index contributed by atoms with van der Waals surface area (Å²) >= 11 is 0. The van der Waals surface area contributed by atoms with Crippen LogP contribution in [-0.4, -0.2) is 53.4 Å². The highest BCUT2D eigenvalue weighted by Gasteiger charge is 2.19. The molecule has 0 unspecified atom stereocenters. The van der Waals surface area contributed by atoms with E-state index in [4.69, 9.17) is 0 Å². The van der Waals surface area contributed by atoms with E-state index in [0.29, 0.717) is 25.3 Å². The molecule has 1 N–H and O–H groups in total. The van der Waals surface area contributed by atoms with Gasteiger partial charge in [0.15, 0.2) is 0 Å². The zero-order chi connectivity index (χ0) is 21.7. The lowest BCUT2D eigenvalue weighted by Crippen LogP contribution is -2.47. The number of hydrogen-bond acceptors (Lipinski definition) is 7. The van der Waals surface area contributed by atoms with Gasteiger partial charge in [0.1, 0.15) is 0 Å². The smallest absolute Gasteiger partial charge is 0.271 e. The minimum atomic E-state index is -0.490. The third kappa shape index (κ3) is 5.29. The van der Waals surface area contributed by atoms with Crippen LogP contribution in [0.4, 0.5) is 22.7 Å². The number of piperazine rings is 1. The second-order valence-electron chi connectivity index (χ2n) is 7.16. The molecule has 0 saturated carbocycles. The summed E-state index contributed by atoms with van der Waals surface area (Å²) in [5.74, 6) is -0.195. The lowest BCUT2D eigenvalue weighted by Gasteiger charge is -2.35. The second-order valence-corrected chi connectivity index (χ2v) is 7.16. The highest BCUT2D eigenvalue weighted by Crippen LogP contribution is 2.23. The van der Waals surface area contributed by atoms with Gasteiger partial charge >= 0.3 is 0 Å². The molecule has 10 nitrogen and oxygen atoms in total. The molecular weight excluding hydrogens is 390 g/mol. The standard InChI is InChI=1S/C20H23N5O5/c1-15-5-6-18(25(29)30)14-19(15)21-20(26)7-8-22-9-11-23(12-10-22)16-3-2-4-17(13-16)24(27)28/h2-6,13-14H,7-12H2,1H3,(H,21,26). The van der Waals surface area contributed by atoms with E-state index in [1.165, 1.54) is 18.2 Å². The Morgan fingerprint density at radius 2 is 1.67 bits per heavy atom. The first-order valence-electron chi connectivity index (χ1n) is 9.60. The molecule has 0 atom stereocenters. The van der Waals surface area contributed by atoms with Gasteiger partial charge in [-0.05, 0) is 18.6 Å². The van der Waals surface area contributed by atoms with Gasteiger partial charge in [-0.15, -0.1) is 0 Å². The summed E-state index contributed by atoms with van der Waals surface area (Å²) in [6, 6.07) is 11.0. The van der Waals surface area contributed by atoms with Gasteiger partial charge in [-0.1, -0.05) is 12.1 Å². The first kappa shape index (κ1) is 21.2. The molecule has 2 aromatic rings. The Balaban J connectivity index is 1.48. The van der Waals surface area contributed by atoms with Crippen LogP contribution in [0.25, 0.3) is 0 Å². The fourth-order valence-corrected chi connectivity index (χ4v) is 3.36. The van der Waals surface area contributed by atoms with Gasteiger partial charge in [0, 0.05) is 69.1 Å². The second kappa shape index (κ2) is 9.31. The number of rotatable bonds is 7. The Bertz CT molecular complexity index is 956. The lowest BCUT2D eigenvalue weighted by atomic mass is 10.1. The van der Waals surface area contributed by atoms with E-state index >= 15 is 0 Å². The molecule has 0 aliphatic carbocycles. The monoisotopic (exact) mass is 413 g/mol. The van der Waals surface area contributed by atoms with E-state index in [-0.39, 0.29) is 23.7 Å². The highest BCUT2D eigenvalue weighted by molar-refractivity contribution is 5.92. The molecule has 1 aliphatic heterocycles. The molecule has 2 aromatic carbocycles. The molecule has 0 aromatic heterocycles. The number of aryl methyl sites for hydroxylation is 1. The number of amides is 1. The van der Waals surface area contributed by atoms with Crippen molar-refractivity contribution >= 4 is 28.7 Å². The normalized spacial score (nSPS) is 14.4. The highest BCUT2D eigenvalue weighted by atomic mass is 16.6. The summed E-state index contributed by atoms with van der Waals surface area (Å²) in [7, 11) is 0. The summed E-state index contributed by atoms with van der Waals surface area (Å²) in [5.41, 5.74) is 2.04. The van der Waals surface area contributed by atoms with Gasteiger partial charge in [0.25, 0.3) is 11.4 Å².